The lowest BCUT2D eigenvalue weighted by atomic mass is 9.92. The summed E-state index contributed by atoms with van der Waals surface area (Å²) in [4.78, 5) is 2.82. The van der Waals surface area contributed by atoms with Crippen LogP contribution in [0.1, 0.15) is 20.3 Å². The number of methoxy groups -OCH3 is 1. The van der Waals surface area contributed by atoms with Crippen molar-refractivity contribution in [3.8, 4) is 5.75 Å². The second-order valence-electron chi connectivity index (χ2n) is 8.35. The van der Waals surface area contributed by atoms with Crippen LogP contribution in [0.2, 0.25) is 0 Å². The molecule has 1 saturated heterocycles. The van der Waals surface area contributed by atoms with E-state index in [0.717, 1.165) is 13.1 Å². The van der Waals surface area contributed by atoms with Crippen LogP contribution in [0.25, 0.3) is 11.1 Å². The van der Waals surface area contributed by atoms with Crippen LogP contribution < -0.4 is 9.46 Å². The Bertz CT molecular complexity index is 1240. The highest BCUT2D eigenvalue weighted by atomic mass is 32.2. The first-order chi connectivity index (χ1) is 14.8. The zero-order valence-corrected chi connectivity index (χ0v) is 19.5. The number of nitrogens with zero attached hydrogens (tertiary/aromatic N) is 2. The van der Waals surface area contributed by atoms with Gasteiger partial charge in [0, 0.05) is 13.1 Å². The third kappa shape index (κ3) is 4.63. The molecule has 166 valence electrons. The number of piperidine rings is 1. The molecule has 2 heterocycles. The predicted molar refractivity (Wildman–Crippen MR) is 123 cm³/mol. The van der Waals surface area contributed by atoms with Crippen molar-refractivity contribution >= 4 is 39.0 Å². The number of hydrogen-bond donors (Lipinski definition) is 1. The van der Waals surface area contributed by atoms with Gasteiger partial charge >= 0.3 is 0 Å². The van der Waals surface area contributed by atoms with E-state index < -0.39 is 10.0 Å². The van der Waals surface area contributed by atoms with Crippen molar-refractivity contribution in [2.75, 3.05) is 24.9 Å². The number of nitrogens with one attached hydrogen (secondary N) is 1. The standard InChI is InChI=1S/C22H27N3O4S2/c1-15-10-16(2)13-24(12-15)14-25-19-11-17(8-9-21(19)29-22(25)30)31(26,27)23-18-6-4-5-7-20(18)28-3/h4-9,11,15-16,23H,10,12-14H2,1-3H3/t15-,16-/m0/s1. The largest absolute Gasteiger partial charge is 0.495 e. The van der Waals surface area contributed by atoms with Gasteiger partial charge in [-0.1, -0.05) is 26.0 Å². The molecule has 0 spiro atoms. The molecule has 2 aromatic carbocycles. The Labute approximate surface area is 187 Å². The van der Waals surface area contributed by atoms with Crippen LogP contribution in [-0.4, -0.2) is 38.1 Å². The molecule has 0 radical (unpaired) electrons. The summed E-state index contributed by atoms with van der Waals surface area (Å²) in [6.45, 7) is 7.04. The van der Waals surface area contributed by atoms with Crippen LogP contribution in [0.3, 0.4) is 0 Å². The molecular formula is C22H27N3O4S2. The van der Waals surface area contributed by atoms with Crippen molar-refractivity contribution in [2.24, 2.45) is 11.8 Å². The Balaban J connectivity index is 1.67. The molecule has 4 rings (SSSR count). The molecule has 0 bridgehead atoms. The minimum absolute atomic E-state index is 0.135. The third-order valence-corrected chi connectivity index (χ3v) is 7.25. The molecule has 0 aliphatic carbocycles. The van der Waals surface area contributed by atoms with Crippen molar-refractivity contribution < 1.29 is 17.6 Å². The van der Waals surface area contributed by atoms with Crippen LogP contribution >= 0.6 is 12.2 Å². The summed E-state index contributed by atoms with van der Waals surface area (Å²) in [6, 6.07) is 11.7. The molecule has 7 nitrogen and oxygen atoms in total. The van der Waals surface area contributed by atoms with E-state index in [1.54, 1.807) is 36.4 Å². The fraction of sp³-hybridized carbons (Fsp3) is 0.409. The molecule has 3 aromatic rings. The predicted octanol–water partition coefficient (Wildman–Crippen LogP) is 4.71. The first kappa shape index (κ1) is 21.9. The van der Waals surface area contributed by atoms with Gasteiger partial charge in [0.25, 0.3) is 14.9 Å². The van der Waals surface area contributed by atoms with Crippen LogP contribution in [0.15, 0.2) is 51.8 Å². The number of ether oxygens (including phenoxy) is 1. The van der Waals surface area contributed by atoms with Gasteiger partial charge in [-0.3, -0.25) is 14.2 Å². The van der Waals surface area contributed by atoms with E-state index in [-0.39, 0.29) is 4.90 Å². The molecule has 31 heavy (non-hydrogen) atoms. The number of sulfonamides is 1. The summed E-state index contributed by atoms with van der Waals surface area (Å²) in [5.74, 6) is 1.67. The first-order valence-corrected chi connectivity index (χ1v) is 12.2. The fourth-order valence-electron chi connectivity index (χ4n) is 4.38. The zero-order chi connectivity index (χ0) is 22.2. The average molecular weight is 462 g/mol. The summed E-state index contributed by atoms with van der Waals surface area (Å²) in [6.07, 6.45) is 1.21. The van der Waals surface area contributed by atoms with Crippen LogP contribution in [0, 0.1) is 16.7 Å². The molecule has 2 atom stereocenters. The molecule has 0 saturated carbocycles. The Hall–Kier alpha value is -2.36. The lowest BCUT2D eigenvalue weighted by molar-refractivity contribution is 0.109. The summed E-state index contributed by atoms with van der Waals surface area (Å²) in [7, 11) is -2.33. The molecule has 0 unspecified atom stereocenters. The van der Waals surface area contributed by atoms with E-state index in [2.05, 4.69) is 23.5 Å². The third-order valence-electron chi connectivity index (χ3n) is 5.59. The van der Waals surface area contributed by atoms with Crippen LogP contribution in [0.4, 0.5) is 5.69 Å². The maximum atomic E-state index is 13.1. The lowest BCUT2D eigenvalue weighted by Gasteiger charge is -2.34. The number of rotatable bonds is 6. The van der Waals surface area contributed by atoms with Gasteiger partial charge < -0.3 is 9.15 Å². The van der Waals surface area contributed by atoms with Gasteiger partial charge in [-0.05, 0) is 60.8 Å². The van der Waals surface area contributed by atoms with Crippen LogP contribution in [0.5, 0.6) is 5.75 Å². The van der Waals surface area contributed by atoms with E-state index >= 15 is 0 Å². The molecule has 1 N–H and O–H groups in total. The van der Waals surface area contributed by atoms with Crippen molar-refractivity contribution in [3.05, 3.63) is 47.3 Å². The van der Waals surface area contributed by atoms with E-state index in [1.165, 1.54) is 19.6 Å². The zero-order valence-electron chi connectivity index (χ0n) is 17.9. The summed E-state index contributed by atoms with van der Waals surface area (Å²) in [5, 5.41) is 0. The molecule has 1 aliphatic rings. The van der Waals surface area contributed by atoms with Crippen molar-refractivity contribution in [3.63, 3.8) is 0 Å². The number of hydrogen-bond acceptors (Lipinski definition) is 6. The summed E-state index contributed by atoms with van der Waals surface area (Å²) in [5.41, 5.74) is 1.61. The van der Waals surface area contributed by atoms with E-state index in [1.807, 2.05) is 4.57 Å². The minimum atomic E-state index is -3.83. The maximum absolute atomic E-state index is 13.1. The monoisotopic (exact) mass is 461 g/mol. The normalized spacial score (nSPS) is 20.1. The molecular weight excluding hydrogens is 434 g/mol. The Morgan fingerprint density at radius 3 is 2.58 bits per heavy atom. The van der Waals surface area contributed by atoms with E-state index in [0.29, 0.717) is 45.9 Å². The molecule has 1 fully saturated rings. The van der Waals surface area contributed by atoms with Crippen molar-refractivity contribution in [1.82, 2.24) is 9.47 Å². The number of benzene rings is 2. The Morgan fingerprint density at radius 2 is 1.87 bits per heavy atom. The van der Waals surface area contributed by atoms with Crippen molar-refractivity contribution in [2.45, 2.75) is 31.8 Å². The van der Waals surface area contributed by atoms with Gasteiger partial charge in [-0.2, -0.15) is 0 Å². The molecule has 1 aromatic heterocycles. The highest BCUT2D eigenvalue weighted by molar-refractivity contribution is 7.92. The van der Waals surface area contributed by atoms with Gasteiger partial charge in [-0.25, -0.2) is 8.42 Å². The number of oxazole rings is 1. The van der Waals surface area contributed by atoms with E-state index in [9.17, 15) is 8.42 Å². The molecule has 0 amide bonds. The smallest absolute Gasteiger partial charge is 0.270 e. The van der Waals surface area contributed by atoms with Gasteiger partial charge in [0.2, 0.25) is 0 Å². The number of aromatic nitrogens is 1. The number of para-hydroxylation sites is 2. The van der Waals surface area contributed by atoms with Gasteiger partial charge in [0.05, 0.1) is 29.9 Å². The number of anilines is 1. The SMILES string of the molecule is COc1ccccc1NS(=O)(=O)c1ccc2oc(=S)n(CN3C[C@@H](C)C[C@H](C)C3)c2c1. The Kier molecular flexibility index (Phi) is 6.09. The first-order valence-electron chi connectivity index (χ1n) is 10.3. The number of likely N-dealkylation sites (tertiary alicyclic amines) is 1. The average Bonchev–Trinajstić information content (AvgIpc) is 3.02. The Morgan fingerprint density at radius 1 is 1.16 bits per heavy atom. The van der Waals surface area contributed by atoms with Gasteiger partial charge in [0.15, 0.2) is 5.58 Å². The maximum Gasteiger partial charge on any atom is 0.270 e. The molecule has 9 heteroatoms. The quantitative estimate of drug-likeness (QED) is 0.536. The van der Waals surface area contributed by atoms with Crippen molar-refractivity contribution in [1.29, 1.82) is 0 Å². The second kappa shape index (κ2) is 8.64. The summed E-state index contributed by atoms with van der Waals surface area (Å²) >= 11 is 5.44. The number of fused-ring (bicyclic) bond motifs is 1. The van der Waals surface area contributed by atoms with Crippen LogP contribution in [-0.2, 0) is 16.7 Å². The second-order valence-corrected chi connectivity index (χ2v) is 10.4. The highest BCUT2D eigenvalue weighted by Gasteiger charge is 2.24. The highest BCUT2D eigenvalue weighted by Crippen LogP contribution is 2.29. The topological polar surface area (TPSA) is 76.7 Å². The molecule has 1 aliphatic heterocycles. The van der Waals surface area contributed by atoms with E-state index in [4.69, 9.17) is 21.4 Å². The lowest BCUT2D eigenvalue weighted by Crippen LogP contribution is -2.39. The van der Waals surface area contributed by atoms with Gasteiger partial charge in [-0.15, -0.1) is 0 Å². The fourth-order valence-corrected chi connectivity index (χ4v) is 5.72. The van der Waals surface area contributed by atoms with Gasteiger partial charge in [0.1, 0.15) is 5.75 Å². The minimum Gasteiger partial charge on any atom is -0.495 e. The summed E-state index contributed by atoms with van der Waals surface area (Å²) < 4.78 is 41.6.